The summed E-state index contributed by atoms with van der Waals surface area (Å²) in [5, 5.41) is 0. The van der Waals surface area contributed by atoms with Crippen molar-refractivity contribution in [1.29, 1.82) is 0 Å². The van der Waals surface area contributed by atoms with Crippen molar-refractivity contribution in [3.8, 4) is 11.5 Å². The van der Waals surface area contributed by atoms with E-state index in [4.69, 9.17) is 9.47 Å². The molecule has 1 aliphatic rings. The molecule has 1 radical (unpaired) electrons. The third-order valence-corrected chi connectivity index (χ3v) is 1.81. The second kappa shape index (κ2) is 3.05. The largest absolute Gasteiger partial charge is 0.489 e. The van der Waals surface area contributed by atoms with Gasteiger partial charge in [-0.2, -0.15) is 0 Å². The van der Waals surface area contributed by atoms with Gasteiger partial charge >= 0.3 is 0 Å². The Hall–Kier alpha value is -1.18. The molecule has 0 atom stereocenters. The molecule has 1 aromatic carbocycles. The minimum atomic E-state index is 0.635. The van der Waals surface area contributed by atoms with E-state index in [9.17, 15) is 0 Å². The van der Waals surface area contributed by atoms with Crippen molar-refractivity contribution < 1.29 is 9.47 Å². The van der Waals surface area contributed by atoms with Crippen molar-refractivity contribution >= 4 is 0 Å². The Labute approximate surface area is 72.1 Å². The smallest absolute Gasteiger partial charge is 0.161 e. The average Bonchev–Trinajstić information content (AvgIpc) is 2.28. The topological polar surface area (TPSA) is 18.5 Å². The summed E-state index contributed by atoms with van der Waals surface area (Å²) in [6.45, 7) is 3.31. The standard InChI is InChI=1S/C10H11O2/c1-8-3-4-9-10(7-8)12-6-2-5-11-9/h2-4,7H,5-6H2,1H3. The summed E-state index contributed by atoms with van der Waals surface area (Å²) in [5.41, 5.74) is 1.19. The Morgan fingerprint density at radius 3 is 2.67 bits per heavy atom. The first-order valence-electron chi connectivity index (χ1n) is 4.04. The number of rotatable bonds is 0. The maximum atomic E-state index is 5.45. The molecular weight excluding hydrogens is 152 g/mol. The zero-order valence-electron chi connectivity index (χ0n) is 7.04. The van der Waals surface area contributed by atoms with Crippen LogP contribution >= 0.6 is 0 Å². The summed E-state index contributed by atoms with van der Waals surface area (Å²) in [5.74, 6) is 1.69. The van der Waals surface area contributed by atoms with Crippen LogP contribution in [-0.4, -0.2) is 13.2 Å². The molecule has 63 valence electrons. The lowest BCUT2D eigenvalue weighted by atomic mass is 10.2. The molecule has 12 heavy (non-hydrogen) atoms. The summed E-state index contributed by atoms with van der Waals surface area (Å²) in [4.78, 5) is 0. The van der Waals surface area contributed by atoms with E-state index in [0.717, 1.165) is 11.5 Å². The van der Waals surface area contributed by atoms with Gasteiger partial charge in [0.1, 0.15) is 0 Å². The van der Waals surface area contributed by atoms with Crippen molar-refractivity contribution in [2.45, 2.75) is 6.92 Å². The molecule has 2 rings (SSSR count). The highest BCUT2D eigenvalue weighted by Gasteiger charge is 2.08. The summed E-state index contributed by atoms with van der Waals surface area (Å²) in [7, 11) is 0. The van der Waals surface area contributed by atoms with Crippen LogP contribution in [0.25, 0.3) is 0 Å². The molecule has 1 heterocycles. The van der Waals surface area contributed by atoms with Crippen molar-refractivity contribution in [2.75, 3.05) is 13.2 Å². The molecule has 0 aromatic heterocycles. The van der Waals surface area contributed by atoms with Crippen LogP contribution in [-0.2, 0) is 0 Å². The predicted molar refractivity (Wildman–Crippen MR) is 46.5 cm³/mol. The maximum absolute atomic E-state index is 5.45. The van der Waals surface area contributed by atoms with E-state index in [1.54, 1.807) is 0 Å². The molecule has 0 unspecified atom stereocenters. The number of hydrogen-bond donors (Lipinski definition) is 0. The molecule has 0 saturated heterocycles. The van der Waals surface area contributed by atoms with Crippen LogP contribution in [0, 0.1) is 13.3 Å². The Morgan fingerprint density at radius 1 is 1.08 bits per heavy atom. The quantitative estimate of drug-likeness (QED) is 0.582. The van der Waals surface area contributed by atoms with E-state index < -0.39 is 0 Å². The lowest BCUT2D eigenvalue weighted by molar-refractivity contribution is 0.353. The van der Waals surface area contributed by atoms with Gasteiger partial charge in [-0.05, 0) is 24.6 Å². The highest BCUT2D eigenvalue weighted by molar-refractivity contribution is 5.43. The van der Waals surface area contributed by atoms with Gasteiger partial charge in [0.2, 0.25) is 0 Å². The fourth-order valence-electron chi connectivity index (χ4n) is 1.19. The molecular formula is C10H11O2. The van der Waals surface area contributed by atoms with Crippen LogP contribution in [0.5, 0.6) is 11.5 Å². The number of aryl methyl sites for hydroxylation is 1. The van der Waals surface area contributed by atoms with Gasteiger partial charge in [0.05, 0.1) is 13.2 Å². The van der Waals surface area contributed by atoms with Crippen LogP contribution < -0.4 is 9.47 Å². The average molecular weight is 163 g/mol. The summed E-state index contributed by atoms with van der Waals surface area (Å²) >= 11 is 0. The molecule has 0 bridgehead atoms. The fraction of sp³-hybridized carbons (Fsp3) is 0.300. The Morgan fingerprint density at radius 2 is 1.83 bits per heavy atom. The van der Waals surface area contributed by atoms with Gasteiger partial charge in [0.25, 0.3) is 0 Å². The van der Waals surface area contributed by atoms with E-state index >= 15 is 0 Å². The first-order chi connectivity index (χ1) is 5.86. The molecule has 0 fully saturated rings. The number of hydrogen-bond acceptors (Lipinski definition) is 2. The number of benzene rings is 1. The zero-order chi connectivity index (χ0) is 8.39. The van der Waals surface area contributed by atoms with Crippen LogP contribution in [0.1, 0.15) is 5.56 Å². The second-order valence-corrected chi connectivity index (χ2v) is 2.86. The lowest BCUT2D eigenvalue weighted by Gasteiger charge is -2.06. The minimum Gasteiger partial charge on any atom is -0.489 e. The molecule has 0 aliphatic carbocycles. The third-order valence-electron chi connectivity index (χ3n) is 1.81. The van der Waals surface area contributed by atoms with Crippen molar-refractivity contribution in [1.82, 2.24) is 0 Å². The Bertz CT molecular complexity index is 281. The van der Waals surface area contributed by atoms with E-state index in [2.05, 4.69) is 0 Å². The third kappa shape index (κ3) is 1.37. The highest BCUT2D eigenvalue weighted by atomic mass is 16.5. The minimum absolute atomic E-state index is 0.635. The molecule has 0 N–H and O–H groups in total. The molecule has 2 nitrogen and oxygen atoms in total. The van der Waals surface area contributed by atoms with Gasteiger partial charge < -0.3 is 9.47 Å². The lowest BCUT2D eigenvalue weighted by Crippen LogP contribution is -1.98. The summed E-state index contributed by atoms with van der Waals surface area (Å²) in [6.07, 6.45) is 1.97. The van der Waals surface area contributed by atoms with Gasteiger partial charge in [-0.15, -0.1) is 0 Å². The Balaban J connectivity index is 2.36. The highest BCUT2D eigenvalue weighted by Crippen LogP contribution is 2.29. The SMILES string of the molecule is Cc1ccc2c(c1)OC[CH]CO2. The van der Waals surface area contributed by atoms with Gasteiger partial charge in [-0.3, -0.25) is 0 Å². The number of ether oxygens (including phenoxy) is 2. The van der Waals surface area contributed by atoms with E-state index in [0.29, 0.717) is 13.2 Å². The van der Waals surface area contributed by atoms with Gasteiger partial charge in [0, 0.05) is 6.42 Å². The zero-order valence-corrected chi connectivity index (χ0v) is 7.04. The van der Waals surface area contributed by atoms with Crippen molar-refractivity contribution in [3.05, 3.63) is 30.2 Å². The molecule has 0 saturated carbocycles. The van der Waals surface area contributed by atoms with Gasteiger partial charge in [-0.25, -0.2) is 0 Å². The Kier molecular flexibility index (Phi) is 1.90. The molecule has 2 heteroatoms. The van der Waals surface area contributed by atoms with E-state index in [-0.39, 0.29) is 0 Å². The normalized spacial score (nSPS) is 15.4. The van der Waals surface area contributed by atoms with Gasteiger partial charge in [0.15, 0.2) is 11.5 Å². The van der Waals surface area contributed by atoms with E-state index in [1.807, 2.05) is 31.5 Å². The van der Waals surface area contributed by atoms with Gasteiger partial charge in [-0.1, -0.05) is 6.07 Å². The maximum Gasteiger partial charge on any atom is 0.161 e. The summed E-state index contributed by atoms with van der Waals surface area (Å²) in [6, 6.07) is 5.96. The van der Waals surface area contributed by atoms with Crippen LogP contribution in [0.2, 0.25) is 0 Å². The molecule has 0 spiro atoms. The fourth-order valence-corrected chi connectivity index (χ4v) is 1.19. The second-order valence-electron chi connectivity index (χ2n) is 2.86. The van der Waals surface area contributed by atoms with Crippen molar-refractivity contribution in [3.63, 3.8) is 0 Å². The van der Waals surface area contributed by atoms with Crippen molar-refractivity contribution in [2.24, 2.45) is 0 Å². The van der Waals surface area contributed by atoms with Crippen LogP contribution in [0.4, 0.5) is 0 Å². The first-order valence-corrected chi connectivity index (χ1v) is 4.04. The van der Waals surface area contributed by atoms with E-state index in [1.165, 1.54) is 5.56 Å². The predicted octanol–water partition coefficient (Wildman–Crippen LogP) is 1.97. The molecule has 1 aromatic rings. The first kappa shape index (κ1) is 7.47. The molecule has 0 amide bonds. The van der Waals surface area contributed by atoms with Crippen LogP contribution in [0.15, 0.2) is 18.2 Å². The van der Waals surface area contributed by atoms with Crippen LogP contribution in [0.3, 0.4) is 0 Å². The monoisotopic (exact) mass is 163 g/mol. The number of fused-ring (bicyclic) bond motifs is 1. The molecule has 1 aliphatic heterocycles. The summed E-state index contributed by atoms with van der Waals surface area (Å²) < 4.78 is 10.9.